The Labute approximate surface area is 109 Å². The Kier molecular flexibility index (Phi) is 4.76. The van der Waals surface area contributed by atoms with E-state index < -0.39 is 0 Å². The van der Waals surface area contributed by atoms with E-state index in [1.54, 1.807) is 0 Å². The largest absolute Gasteiger partial charge is 0.339 e. The molecule has 3 heteroatoms. The molecule has 1 aromatic carbocycles. The molecule has 0 radical (unpaired) electrons. The van der Waals surface area contributed by atoms with Gasteiger partial charge >= 0.3 is 0 Å². The van der Waals surface area contributed by atoms with E-state index >= 15 is 0 Å². The van der Waals surface area contributed by atoms with Gasteiger partial charge in [-0.2, -0.15) is 0 Å². The molecule has 1 aliphatic rings. The van der Waals surface area contributed by atoms with Crippen molar-refractivity contribution < 1.29 is 4.79 Å². The van der Waals surface area contributed by atoms with Crippen LogP contribution in [0.1, 0.15) is 41.6 Å². The van der Waals surface area contributed by atoms with Crippen molar-refractivity contribution in [2.24, 2.45) is 5.73 Å². The number of nitrogens with two attached hydrogens (primary N) is 1. The highest BCUT2D eigenvalue weighted by molar-refractivity contribution is 5.94. The van der Waals surface area contributed by atoms with E-state index in [1.807, 2.05) is 29.2 Å². The first-order valence-corrected chi connectivity index (χ1v) is 6.89. The third-order valence-electron chi connectivity index (χ3n) is 3.53. The van der Waals surface area contributed by atoms with E-state index in [0.29, 0.717) is 6.54 Å². The number of rotatable bonds is 3. The number of hydrogen-bond donors (Lipinski definition) is 1. The van der Waals surface area contributed by atoms with Crippen molar-refractivity contribution in [3.05, 3.63) is 35.4 Å². The quantitative estimate of drug-likeness (QED) is 0.888. The predicted molar refractivity (Wildman–Crippen MR) is 73.6 cm³/mol. The summed E-state index contributed by atoms with van der Waals surface area (Å²) in [6.45, 7) is 2.46. The predicted octanol–water partition coefficient (Wildman–Crippen LogP) is 2.20. The van der Waals surface area contributed by atoms with Gasteiger partial charge in [0.1, 0.15) is 0 Å². The average Bonchev–Trinajstić information content (AvgIpc) is 2.68. The summed E-state index contributed by atoms with van der Waals surface area (Å²) >= 11 is 0. The molecule has 18 heavy (non-hydrogen) atoms. The third kappa shape index (κ3) is 3.33. The van der Waals surface area contributed by atoms with E-state index in [4.69, 9.17) is 5.73 Å². The average molecular weight is 246 g/mol. The summed E-state index contributed by atoms with van der Waals surface area (Å²) in [5.74, 6) is 0.177. The van der Waals surface area contributed by atoms with Crippen molar-refractivity contribution in [2.75, 3.05) is 19.6 Å². The Balaban J connectivity index is 2.02. The second-order valence-corrected chi connectivity index (χ2v) is 4.94. The number of benzene rings is 1. The van der Waals surface area contributed by atoms with Crippen LogP contribution in [0.3, 0.4) is 0 Å². The Morgan fingerprint density at radius 2 is 1.67 bits per heavy atom. The molecule has 0 spiro atoms. The van der Waals surface area contributed by atoms with Crippen LogP contribution < -0.4 is 5.73 Å². The lowest BCUT2D eigenvalue weighted by Crippen LogP contribution is -2.31. The standard InChI is InChI=1S/C15H22N2O/c16-10-9-13-5-7-14(8-6-13)15(18)17-11-3-1-2-4-12-17/h5-8H,1-4,9-12,16H2. The van der Waals surface area contributed by atoms with Crippen LogP contribution in [0, 0.1) is 0 Å². The maximum Gasteiger partial charge on any atom is 0.253 e. The first-order chi connectivity index (χ1) is 8.81. The minimum absolute atomic E-state index is 0.177. The fraction of sp³-hybridized carbons (Fsp3) is 0.533. The van der Waals surface area contributed by atoms with Crippen molar-refractivity contribution in [2.45, 2.75) is 32.1 Å². The Morgan fingerprint density at radius 1 is 1.06 bits per heavy atom. The van der Waals surface area contributed by atoms with Crippen molar-refractivity contribution >= 4 is 5.91 Å². The van der Waals surface area contributed by atoms with Crippen LogP contribution in [0.5, 0.6) is 0 Å². The first-order valence-electron chi connectivity index (χ1n) is 6.89. The van der Waals surface area contributed by atoms with E-state index in [0.717, 1.165) is 37.9 Å². The monoisotopic (exact) mass is 246 g/mol. The number of amides is 1. The minimum Gasteiger partial charge on any atom is -0.339 e. The molecule has 0 bridgehead atoms. The van der Waals surface area contributed by atoms with Crippen molar-refractivity contribution in [3.8, 4) is 0 Å². The smallest absolute Gasteiger partial charge is 0.253 e. The molecule has 1 aromatic rings. The highest BCUT2D eigenvalue weighted by Gasteiger charge is 2.16. The van der Waals surface area contributed by atoms with Gasteiger partial charge in [0.15, 0.2) is 0 Å². The molecule has 1 amide bonds. The number of likely N-dealkylation sites (tertiary alicyclic amines) is 1. The zero-order valence-electron chi connectivity index (χ0n) is 10.9. The number of carbonyl (C=O) groups excluding carboxylic acids is 1. The van der Waals surface area contributed by atoms with Gasteiger partial charge in [-0.05, 0) is 43.5 Å². The number of hydrogen-bond acceptors (Lipinski definition) is 2. The van der Waals surface area contributed by atoms with E-state index in [-0.39, 0.29) is 5.91 Å². The van der Waals surface area contributed by atoms with Crippen molar-refractivity contribution in [3.63, 3.8) is 0 Å². The molecule has 1 aliphatic heterocycles. The summed E-state index contributed by atoms with van der Waals surface area (Å²) in [5.41, 5.74) is 7.52. The molecular formula is C15H22N2O. The molecule has 2 rings (SSSR count). The normalized spacial score (nSPS) is 16.4. The Bertz CT molecular complexity index is 378. The number of carbonyl (C=O) groups is 1. The zero-order chi connectivity index (χ0) is 12.8. The molecule has 1 heterocycles. The maximum absolute atomic E-state index is 12.3. The van der Waals surface area contributed by atoms with Gasteiger partial charge in [0.05, 0.1) is 0 Å². The SMILES string of the molecule is NCCc1ccc(C(=O)N2CCCCCC2)cc1. The summed E-state index contributed by atoms with van der Waals surface area (Å²) in [4.78, 5) is 14.3. The van der Waals surface area contributed by atoms with Gasteiger partial charge in [-0.1, -0.05) is 25.0 Å². The lowest BCUT2D eigenvalue weighted by Gasteiger charge is -2.20. The summed E-state index contributed by atoms with van der Waals surface area (Å²) < 4.78 is 0. The summed E-state index contributed by atoms with van der Waals surface area (Å²) in [5, 5.41) is 0. The van der Waals surface area contributed by atoms with E-state index in [9.17, 15) is 4.79 Å². The fourth-order valence-corrected chi connectivity index (χ4v) is 2.44. The van der Waals surface area contributed by atoms with Crippen LogP contribution >= 0.6 is 0 Å². The molecule has 0 aliphatic carbocycles. The lowest BCUT2D eigenvalue weighted by molar-refractivity contribution is 0.0761. The van der Waals surface area contributed by atoms with Gasteiger partial charge in [-0.25, -0.2) is 0 Å². The van der Waals surface area contributed by atoms with E-state index in [2.05, 4.69) is 0 Å². The third-order valence-corrected chi connectivity index (χ3v) is 3.53. The van der Waals surface area contributed by atoms with Crippen LogP contribution in [0.4, 0.5) is 0 Å². The molecule has 0 atom stereocenters. The van der Waals surface area contributed by atoms with E-state index in [1.165, 1.54) is 18.4 Å². The van der Waals surface area contributed by atoms with Crippen LogP contribution in [-0.4, -0.2) is 30.4 Å². The molecular weight excluding hydrogens is 224 g/mol. The van der Waals surface area contributed by atoms with Crippen LogP contribution in [-0.2, 0) is 6.42 Å². The molecule has 98 valence electrons. The fourth-order valence-electron chi connectivity index (χ4n) is 2.44. The molecule has 1 saturated heterocycles. The molecule has 0 unspecified atom stereocenters. The number of nitrogens with zero attached hydrogens (tertiary/aromatic N) is 1. The maximum atomic E-state index is 12.3. The topological polar surface area (TPSA) is 46.3 Å². The zero-order valence-corrected chi connectivity index (χ0v) is 10.9. The van der Waals surface area contributed by atoms with Gasteiger partial charge in [0.2, 0.25) is 0 Å². The summed E-state index contributed by atoms with van der Waals surface area (Å²) in [7, 11) is 0. The molecule has 0 saturated carbocycles. The van der Waals surface area contributed by atoms with Gasteiger partial charge in [0.25, 0.3) is 5.91 Å². The highest BCUT2D eigenvalue weighted by atomic mass is 16.2. The van der Waals surface area contributed by atoms with Crippen LogP contribution in [0.2, 0.25) is 0 Å². The lowest BCUT2D eigenvalue weighted by atomic mass is 10.1. The Hall–Kier alpha value is -1.35. The summed E-state index contributed by atoms with van der Waals surface area (Å²) in [6.07, 6.45) is 5.64. The van der Waals surface area contributed by atoms with Gasteiger partial charge < -0.3 is 10.6 Å². The minimum atomic E-state index is 0.177. The highest BCUT2D eigenvalue weighted by Crippen LogP contribution is 2.14. The van der Waals surface area contributed by atoms with Gasteiger partial charge in [-0.3, -0.25) is 4.79 Å². The van der Waals surface area contributed by atoms with Gasteiger partial charge in [0, 0.05) is 18.7 Å². The van der Waals surface area contributed by atoms with Crippen LogP contribution in [0.15, 0.2) is 24.3 Å². The molecule has 2 N–H and O–H groups in total. The van der Waals surface area contributed by atoms with Crippen molar-refractivity contribution in [1.82, 2.24) is 4.90 Å². The second kappa shape index (κ2) is 6.55. The summed E-state index contributed by atoms with van der Waals surface area (Å²) in [6, 6.07) is 7.88. The van der Waals surface area contributed by atoms with Crippen LogP contribution in [0.25, 0.3) is 0 Å². The molecule has 1 fully saturated rings. The second-order valence-electron chi connectivity index (χ2n) is 4.94. The molecule has 3 nitrogen and oxygen atoms in total. The Morgan fingerprint density at radius 3 is 2.22 bits per heavy atom. The molecule has 0 aromatic heterocycles. The van der Waals surface area contributed by atoms with Gasteiger partial charge in [-0.15, -0.1) is 0 Å². The van der Waals surface area contributed by atoms with Crippen molar-refractivity contribution in [1.29, 1.82) is 0 Å². The first kappa shape index (κ1) is 13.1.